The molecule has 118 valence electrons. The number of nitrogens with two attached hydrogens (primary N) is 1. The Hall–Kier alpha value is -0.560. The fourth-order valence-corrected chi connectivity index (χ4v) is 3.18. The van der Waals surface area contributed by atoms with Crippen molar-refractivity contribution < 1.29 is 8.78 Å². The van der Waals surface area contributed by atoms with Gasteiger partial charge in [-0.3, -0.25) is 0 Å². The molecule has 1 saturated heterocycles. The van der Waals surface area contributed by atoms with Gasteiger partial charge in [-0.2, -0.15) is 0 Å². The second-order valence-corrected chi connectivity index (χ2v) is 6.77. The van der Waals surface area contributed by atoms with Crippen molar-refractivity contribution in [1.29, 1.82) is 0 Å². The lowest BCUT2D eigenvalue weighted by Gasteiger charge is -2.38. The molecule has 3 nitrogen and oxygen atoms in total. The first kappa shape index (κ1) is 16.8. The summed E-state index contributed by atoms with van der Waals surface area (Å²) in [4.78, 5) is 4.53. The number of rotatable bonds is 4. The van der Waals surface area contributed by atoms with Gasteiger partial charge in [0.05, 0.1) is 4.47 Å². The third-order valence-corrected chi connectivity index (χ3v) is 4.77. The molecule has 0 aromatic heterocycles. The Labute approximate surface area is 133 Å². The van der Waals surface area contributed by atoms with Gasteiger partial charge in [-0.1, -0.05) is 0 Å². The van der Waals surface area contributed by atoms with Gasteiger partial charge in [0, 0.05) is 37.3 Å². The van der Waals surface area contributed by atoms with Crippen molar-refractivity contribution in [3.8, 4) is 0 Å². The maximum absolute atomic E-state index is 14.0. The number of piperazine rings is 1. The highest BCUT2D eigenvalue weighted by molar-refractivity contribution is 9.10. The first-order chi connectivity index (χ1) is 9.88. The molecule has 2 atom stereocenters. The van der Waals surface area contributed by atoms with Crippen LogP contribution >= 0.6 is 15.9 Å². The van der Waals surface area contributed by atoms with Crippen LogP contribution in [0.25, 0.3) is 0 Å². The Morgan fingerprint density at radius 1 is 1.33 bits per heavy atom. The van der Waals surface area contributed by atoms with E-state index in [1.165, 1.54) is 12.1 Å². The molecule has 1 fully saturated rings. The zero-order valence-corrected chi connectivity index (χ0v) is 14.0. The summed E-state index contributed by atoms with van der Waals surface area (Å²) in [6.45, 7) is 2.97. The molecule has 0 saturated carbocycles. The number of halogens is 3. The minimum absolute atomic E-state index is 0.0729. The highest BCUT2D eigenvalue weighted by Gasteiger charge is 2.25. The molecule has 0 aliphatic carbocycles. The van der Waals surface area contributed by atoms with E-state index in [9.17, 15) is 8.78 Å². The fraction of sp³-hybridized carbons (Fsp3) is 0.600. The van der Waals surface area contributed by atoms with Crippen molar-refractivity contribution >= 4 is 15.9 Å². The van der Waals surface area contributed by atoms with E-state index in [1.807, 2.05) is 0 Å². The lowest BCUT2D eigenvalue weighted by Crippen LogP contribution is -2.52. The van der Waals surface area contributed by atoms with Gasteiger partial charge in [0.25, 0.3) is 0 Å². The van der Waals surface area contributed by atoms with E-state index in [0.29, 0.717) is 6.04 Å². The molecule has 2 rings (SSSR count). The quantitative estimate of drug-likeness (QED) is 0.834. The highest BCUT2D eigenvalue weighted by Crippen LogP contribution is 2.23. The molecular weight excluding hydrogens is 340 g/mol. The minimum Gasteiger partial charge on any atom is -0.327 e. The topological polar surface area (TPSA) is 32.5 Å². The van der Waals surface area contributed by atoms with Gasteiger partial charge >= 0.3 is 0 Å². The summed E-state index contributed by atoms with van der Waals surface area (Å²) in [5.74, 6) is -1.07. The summed E-state index contributed by atoms with van der Waals surface area (Å²) in [6, 6.07) is 2.72. The second kappa shape index (κ2) is 7.13. The Bertz CT molecular complexity index is 498. The van der Waals surface area contributed by atoms with Crippen molar-refractivity contribution in [1.82, 2.24) is 9.80 Å². The summed E-state index contributed by atoms with van der Waals surface area (Å²) in [5, 5.41) is 0. The molecule has 0 amide bonds. The number of nitrogens with zero attached hydrogens (tertiary/aromatic N) is 2. The van der Waals surface area contributed by atoms with Gasteiger partial charge in [-0.05, 0) is 55.0 Å². The van der Waals surface area contributed by atoms with Crippen LogP contribution in [0.1, 0.15) is 12.0 Å². The smallest absolute Gasteiger partial charge is 0.143 e. The van der Waals surface area contributed by atoms with Crippen LogP contribution in [0.3, 0.4) is 0 Å². The van der Waals surface area contributed by atoms with Crippen molar-refractivity contribution in [2.24, 2.45) is 5.73 Å². The zero-order valence-electron chi connectivity index (χ0n) is 12.5. The van der Waals surface area contributed by atoms with Gasteiger partial charge in [0.15, 0.2) is 0 Å². The van der Waals surface area contributed by atoms with E-state index in [0.717, 1.165) is 26.1 Å². The Kier molecular flexibility index (Phi) is 5.71. The maximum atomic E-state index is 14.0. The molecule has 2 N–H and O–H groups in total. The summed E-state index contributed by atoms with van der Waals surface area (Å²) in [6.07, 6.45) is 0.942. The van der Waals surface area contributed by atoms with Crippen molar-refractivity contribution in [2.45, 2.75) is 24.9 Å². The molecule has 0 bridgehead atoms. The molecule has 0 radical (unpaired) electrons. The predicted molar refractivity (Wildman–Crippen MR) is 84.3 cm³/mol. The van der Waals surface area contributed by atoms with Gasteiger partial charge in [0.2, 0.25) is 0 Å². The lowest BCUT2D eigenvalue weighted by molar-refractivity contribution is 0.104. The van der Waals surface area contributed by atoms with Gasteiger partial charge in [-0.15, -0.1) is 0 Å². The molecule has 0 spiro atoms. The van der Waals surface area contributed by atoms with Crippen LogP contribution in [-0.2, 0) is 6.42 Å². The summed E-state index contributed by atoms with van der Waals surface area (Å²) in [5.41, 5.74) is 6.21. The average Bonchev–Trinajstić information content (AvgIpc) is 2.43. The number of benzene rings is 1. The third-order valence-electron chi connectivity index (χ3n) is 4.16. The molecule has 1 aliphatic rings. The van der Waals surface area contributed by atoms with Crippen LogP contribution in [0.2, 0.25) is 0 Å². The zero-order chi connectivity index (χ0) is 15.6. The van der Waals surface area contributed by atoms with E-state index >= 15 is 0 Å². The first-order valence-electron chi connectivity index (χ1n) is 7.15. The average molecular weight is 362 g/mol. The molecule has 6 heteroatoms. The second-order valence-electron chi connectivity index (χ2n) is 5.92. The fourth-order valence-electron chi connectivity index (χ4n) is 2.81. The van der Waals surface area contributed by atoms with E-state index in [1.54, 1.807) is 0 Å². The number of hydrogen-bond donors (Lipinski definition) is 1. The molecule has 21 heavy (non-hydrogen) atoms. The molecule has 1 aromatic rings. The maximum Gasteiger partial charge on any atom is 0.143 e. The highest BCUT2D eigenvalue weighted by atomic mass is 79.9. The largest absolute Gasteiger partial charge is 0.327 e. The van der Waals surface area contributed by atoms with Crippen LogP contribution in [-0.4, -0.2) is 55.6 Å². The lowest BCUT2D eigenvalue weighted by atomic mass is 9.97. The summed E-state index contributed by atoms with van der Waals surface area (Å²) >= 11 is 3.09. The van der Waals surface area contributed by atoms with Gasteiger partial charge in [-0.25, -0.2) is 8.78 Å². The molecular formula is C15H22BrF2N3. The van der Waals surface area contributed by atoms with Crippen molar-refractivity contribution in [3.63, 3.8) is 0 Å². The Morgan fingerprint density at radius 2 is 2.05 bits per heavy atom. The first-order valence-corrected chi connectivity index (χ1v) is 7.94. The van der Waals surface area contributed by atoms with Crippen LogP contribution in [0.4, 0.5) is 8.78 Å². The van der Waals surface area contributed by atoms with E-state index < -0.39 is 11.6 Å². The molecule has 1 aliphatic heterocycles. The molecule has 1 heterocycles. The van der Waals surface area contributed by atoms with Gasteiger partial charge in [0.1, 0.15) is 11.6 Å². The summed E-state index contributed by atoms with van der Waals surface area (Å²) < 4.78 is 28.0. The van der Waals surface area contributed by atoms with Crippen molar-refractivity contribution in [3.05, 3.63) is 33.8 Å². The third kappa shape index (κ3) is 4.22. The SMILES string of the molecule is CN1CCN(C)C(CC(N)Cc2c(F)ccc(Br)c2F)C1. The number of hydrogen-bond acceptors (Lipinski definition) is 3. The monoisotopic (exact) mass is 361 g/mol. The van der Waals surface area contributed by atoms with Crippen LogP contribution in [0, 0.1) is 11.6 Å². The van der Waals surface area contributed by atoms with Gasteiger partial charge < -0.3 is 15.5 Å². The van der Waals surface area contributed by atoms with Crippen molar-refractivity contribution in [2.75, 3.05) is 33.7 Å². The molecule has 2 unspecified atom stereocenters. The number of likely N-dealkylation sites (N-methyl/N-ethyl adjacent to an activating group) is 2. The van der Waals surface area contributed by atoms with Crippen LogP contribution in [0.15, 0.2) is 16.6 Å². The Morgan fingerprint density at radius 3 is 2.76 bits per heavy atom. The van der Waals surface area contributed by atoms with Crippen LogP contribution < -0.4 is 5.73 Å². The Balaban J connectivity index is 2.02. The predicted octanol–water partition coefficient (Wildman–Crippen LogP) is 2.23. The van der Waals surface area contributed by atoms with E-state index in [-0.39, 0.29) is 22.5 Å². The normalized spacial score (nSPS) is 22.5. The molecule has 1 aromatic carbocycles. The van der Waals surface area contributed by atoms with E-state index in [4.69, 9.17) is 5.73 Å². The van der Waals surface area contributed by atoms with Crippen LogP contribution in [0.5, 0.6) is 0 Å². The minimum atomic E-state index is -0.542. The standard InChI is InChI=1S/C15H22BrF2N3/c1-20-5-6-21(2)11(9-20)7-10(19)8-12-14(17)4-3-13(16)15(12)18/h3-4,10-11H,5-9,19H2,1-2H3. The van der Waals surface area contributed by atoms with E-state index in [2.05, 4.69) is 39.8 Å². The summed E-state index contributed by atoms with van der Waals surface area (Å²) in [7, 11) is 4.16.